The van der Waals surface area contributed by atoms with Crippen LogP contribution in [0.15, 0.2) is 54.6 Å². The Balaban J connectivity index is 1.41. The molecular formula is C24H26N2O2. The highest BCUT2D eigenvalue weighted by atomic mass is 16.5. The summed E-state index contributed by atoms with van der Waals surface area (Å²) in [6.45, 7) is 2.22. The topological polar surface area (TPSA) is 56.5 Å². The second kappa shape index (κ2) is 6.70. The molecule has 0 spiro atoms. The molecule has 28 heavy (non-hydrogen) atoms. The summed E-state index contributed by atoms with van der Waals surface area (Å²) in [6.07, 6.45) is 3.18. The molecule has 3 aliphatic rings. The highest BCUT2D eigenvalue weighted by molar-refractivity contribution is 5.42. The van der Waals surface area contributed by atoms with E-state index < -0.39 is 5.60 Å². The third kappa shape index (κ3) is 3.04. The Hall–Kier alpha value is -2.19. The number of nitriles is 1. The zero-order chi connectivity index (χ0) is 19.2. The van der Waals surface area contributed by atoms with Crippen molar-refractivity contribution in [3.05, 3.63) is 71.3 Å². The van der Waals surface area contributed by atoms with Gasteiger partial charge in [0.05, 0.1) is 30.3 Å². The van der Waals surface area contributed by atoms with Crippen LogP contribution >= 0.6 is 0 Å². The third-order valence-electron chi connectivity index (χ3n) is 6.83. The lowest BCUT2D eigenvalue weighted by atomic mass is 9.76. The van der Waals surface area contributed by atoms with Crippen LogP contribution < -0.4 is 0 Å². The van der Waals surface area contributed by atoms with Gasteiger partial charge in [0.2, 0.25) is 0 Å². The molecule has 1 N–H and O–H groups in total. The summed E-state index contributed by atoms with van der Waals surface area (Å²) in [7, 11) is 0. The molecule has 1 aliphatic carbocycles. The first-order valence-electron chi connectivity index (χ1n) is 10.2. The molecule has 144 valence electrons. The number of benzene rings is 2. The number of piperidine rings is 1. The predicted molar refractivity (Wildman–Crippen MR) is 106 cm³/mol. The molecule has 0 amide bonds. The van der Waals surface area contributed by atoms with Crippen LogP contribution in [0.1, 0.15) is 42.4 Å². The maximum atomic E-state index is 11.7. The van der Waals surface area contributed by atoms with E-state index in [-0.39, 0.29) is 17.5 Å². The van der Waals surface area contributed by atoms with Crippen molar-refractivity contribution < 1.29 is 9.84 Å². The number of fused-ring (bicyclic) bond motifs is 2. The van der Waals surface area contributed by atoms with Gasteiger partial charge in [0.1, 0.15) is 0 Å². The van der Waals surface area contributed by atoms with Crippen LogP contribution in [-0.4, -0.2) is 35.3 Å². The van der Waals surface area contributed by atoms with Gasteiger partial charge in [-0.1, -0.05) is 54.6 Å². The van der Waals surface area contributed by atoms with Gasteiger partial charge < -0.3 is 9.84 Å². The Morgan fingerprint density at radius 2 is 1.68 bits per heavy atom. The Morgan fingerprint density at radius 3 is 2.32 bits per heavy atom. The summed E-state index contributed by atoms with van der Waals surface area (Å²) in [4.78, 5) is 2.51. The van der Waals surface area contributed by atoms with E-state index in [4.69, 9.17) is 4.74 Å². The lowest BCUT2D eigenvalue weighted by molar-refractivity contribution is -0.149. The van der Waals surface area contributed by atoms with Crippen LogP contribution in [0, 0.1) is 11.3 Å². The van der Waals surface area contributed by atoms with E-state index in [0.717, 1.165) is 30.5 Å². The zero-order valence-electron chi connectivity index (χ0n) is 16.1. The second-order valence-corrected chi connectivity index (χ2v) is 8.72. The normalized spacial score (nSPS) is 31.1. The first-order valence-corrected chi connectivity index (χ1v) is 10.2. The minimum atomic E-state index is -0.853. The average Bonchev–Trinajstić information content (AvgIpc) is 3.51. The monoisotopic (exact) mass is 374 g/mol. The first kappa shape index (κ1) is 17.9. The van der Waals surface area contributed by atoms with E-state index >= 15 is 0 Å². The van der Waals surface area contributed by atoms with Crippen molar-refractivity contribution in [3.63, 3.8) is 0 Å². The largest absolute Gasteiger partial charge is 0.385 e. The fourth-order valence-electron chi connectivity index (χ4n) is 5.03. The number of hydrogen-bond donors (Lipinski definition) is 1. The summed E-state index contributed by atoms with van der Waals surface area (Å²) in [5.74, 6) is 0. The van der Waals surface area contributed by atoms with Gasteiger partial charge >= 0.3 is 0 Å². The maximum Gasteiger partial charge on any atom is 0.0928 e. The summed E-state index contributed by atoms with van der Waals surface area (Å²) in [6, 6.07) is 21.6. The van der Waals surface area contributed by atoms with Crippen molar-refractivity contribution >= 4 is 0 Å². The molecule has 5 rings (SSSR count). The van der Waals surface area contributed by atoms with E-state index in [0.29, 0.717) is 26.1 Å². The fraction of sp³-hybridized carbons (Fsp3) is 0.458. The van der Waals surface area contributed by atoms with Crippen LogP contribution in [0.2, 0.25) is 0 Å². The van der Waals surface area contributed by atoms with Crippen LogP contribution in [0.3, 0.4) is 0 Å². The number of nitrogens with zero attached hydrogens (tertiary/aromatic N) is 2. The van der Waals surface area contributed by atoms with Gasteiger partial charge in [-0.15, -0.1) is 0 Å². The van der Waals surface area contributed by atoms with Crippen LogP contribution in [-0.2, 0) is 22.3 Å². The average molecular weight is 374 g/mol. The Morgan fingerprint density at radius 1 is 1.00 bits per heavy atom. The van der Waals surface area contributed by atoms with Gasteiger partial charge in [0.25, 0.3) is 0 Å². The van der Waals surface area contributed by atoms with E-state index in [1.807, 2.05) is 24.3 Å². The van der Waals surface area contributed by atoms with Crippen LogP contribution in [0.4, 0.5) is 0 Å². The molecule has 4 heteroatoms. The number of morpholine rings is 1. The zero-order valence-corrected chi connectivity index (χ0v) is 16.1. The van der Waals surface area contributed by atoms with Crippen LogP contribution in [0.5, 0.6) is 0 Å². The Bertz CT molecular complexity index is 886. The molecule has 2 aromatic rings. The van der Waals surface area contributed by atoms with Gasteiger partial charge in [-0.25, -0.2) is 0 Å². The molecule has 2 unspecified atom stereocenters. The lowest BCUT2D eigenvalue weighted by Gasteiger charge is -2.52. The molecule has 4 nitrogen and oxygen atoms in total. The molecule has 1 saturated carbocycles. The molecule has 2 aromatic carbocycles. The van der Waals surface area contributed by atoms with Crippen molar-refractivity contribution in [1.29, 1.82) is 5.26 Å². The summed E-state index contributed by atoms with van der Waals surface area (Å²) in [5.41, 5.74) is 2.15. The van der Waals surface area contributed by atoms with Gasteiger partial charge in [-0.2, -0.15) is 5.26 Å². The molecule has 2 atom stereocenters. The van der Waals surface area contributed by atoms with Crippen molar-refractivity contribution in [2.45, 2.75) is 55.3 Å². The van der Waals surface area contributed by atoms with E-state index in [1.165, 1.54) is 5.56 Å². The highest BCUT2D eigenvalue weighted by Gasteiger charge is 2.49. The smallest absolute Gasteiger partial charge is 0.0928 e. The van der Waals surface area contributed by atoms with Crippen molar-refractivity contribution in [2.75, 3.05) is 13.2 Å². The number of rotatable bonds is 4. The van der Waals surface area contributed by atoms with E-state index in [9.17, 15) is 10.4 Å². The van der Waals surface area contributed by atoms with E-state index in [1.54, 1.807) is 0 Å². The summed E-state index contributed by atoms with van der Waals surface area (Å²) in [5, 5.41) is 21.2. The summed E-state index contributed by atoms with van der Waals surface area (Å²) < 4.78 is 5.84. The van der Waals surface area contributed by atoms with Crippen molar-refractivity contribution in [1.82, 2.24) is 4.90 Å². The highest BCUT2D eigenvalue weighted by Crippen LogP contribution is 2.49. The van der Waals surface area contributed by atoms with E-state index in [2.05, 4.69) is 41.3 Å². The quantitative estimate of drug-likeness (QED) is 0.890. The molecule has 2 saturated heterocycles. The molecular weight excluding hydrogens is 348 g/mol. The van der Waals surface area contributed by atoms with Crippen LogP contribution in [0.25, 0.3) is 0 Å². The maximum absolute atomic E-state index is 11.7. The number of aliphatic hydroxyl groups is 1. The molecule has 2 bridgehead atoms. The Kier molecular flexibility index (Phi) is 4.28. The second-order valence-electron chi connectivity index (χ2n) is 8.72. The fourth-order valence-corrected chi connectivity index (χ4v) is 5.03. The Labute approximate surface area is 166 Å². The number of hydrogen-bond acceptors (Lipinski definition) is 4. The van der Waals surface area contributed by atoms with Gasteiger partial charge in [0.15, 0.2) is 0 Å². The number of ether oxygens (including phenoxy) is 1. The van der Waals surface area contributed by atoms with Gasteiger partial charge in [-0.05, 0) is 42.4 Å². The van der Waals surface area contributed by atoms with Crippen molar-refractivity contribution in [3.8, 4) is 6.07 Å². The minimum Gasteiger partial charge on any atom is -0.385 e. The van der Waals surface area contributed by atoms with Crippen molar-refractivity contribution in [2.24, 2.45) is 0 Å². The molecule has 0 radical (unpaired) electrons. The molecule has 3 fully saturated rings. The minimum absolute atomic E-state index is 0.201. The van der Waals surface area contributed by atoms with Gasteiger partial charge in [0, 0.05) is 18.6 Å². The summed E-state index contributed by atoms with van der Waals surface area (Å²) >= 11 is 0. The first-order chi connectivity index (χ1) is 13.6. The lowest BCUT2D eigenvalue weighted by Crippen LogP contribution is -2.60. The molecule has 2 heterocycles. The SMILES string of the molecule is N#CC1(c2cccc(C3(O)CC4COCC(C3)N4Cc3ccccc3)c2)CC1. The third-order valence-corrected chi connectivity index (χ3v) is 6.83. The standard InChI is InChI=1S/C24H26N2O2/c25-17-23(9-10-23)19-7-4-8-20(11-19)24(27)12-21-15-28-16-22(13-24)26(21)14-18-5-2-1-3-6-18/h1-8,11,21-22,27H,9-10,12-16H2. The predicted octanol–water partition coefficient (Wildman–Crippen LogP) is 3.49. The molecule has 0 aromatic heterocycles. The van der Waals surface area contributed by atoms with Gasteiger partial charge in [-0.3, -0.25) is 4.90 Å². The molecule has 2 aliphatic heterocycles.